The van der Waals surface area contributed by atoms with Gasteiger partial charge in [-0.05, 0) is 53.9 Å². The molecule has 0 aromatic heterocycles. The molecule has 0 radical (unpaired) electrons. The van der Waals surface area contributed by atoms with Crippen LogP contribution in [0.4, 0.5) is 0 Å². The third-order valence-corrected chi connectivity index (χ3v) is 8.55. The van der Waals surface area contributed by atoms with Crippen LogP contribution in [0.1, 0.15) is 92.9 Å². The maximum absolute atomic E-state index is 9.58. The van der Waals surface area contributed by atoms with E-state index in [0.29, 0.717) is 4.58 Å². The lowest BCUT2D eigenvalue weighted by atomic mass is 9.99. The molecule has 0 N–H and O–H groups in total. The fourth-order valence-corrected chi connectivity index (χ4v) is 6.71. The van der Waals surface area contributed by atoms with E-state index < -0.39 is 0 Å². The van der Waals surface area contributed by atoms with Crippen LogP contribution in [0.2, 0.25) is 0 Å². The summed E-state index contributed by atoms with van der Waals surface area (Å²) in [6, 6.07) is 9.13. The smallest absolute Gasteiger partial charge is 0.0994 e. The summed E-state index contributed by atoms with van der Waals surface area (Å²) >= 11 is 4.18. The molecular weight excluding hydrogens is 354 g/mol. The Labute approximate surface area is 169 Å². The zero-order valence-electron chi connectivity index (χ0n) is 16.6. The number of hydrogen-bond acceptors (Lipinski definition) is 3. The molecule has 1 nitrogen and oxygen atoms in total. The van der Waals surface area contributed by atoms with Crippen molar-refractivity contribution in [3.05, 3.63) is 34.9 Å². The quantitative estimate of drug-likeness (QED) is 0.361. The first-order valence-corrected chi connectivity index (χ1v) is 12.6. The molecule has 0 saturated carbocycles. The summed E-state index contributed by atoms with van der Waals surface area (Å²) in [5, 5.41) is 9.58. The van der Waals surface area contributed by atoms with E-state index in [2.05, 4.69) is 61.6 Å². The second kappa shape index (κ2) is 12.7. The average molecular weight is 390 g/mol. The number of rotatable bonds is 11. The Balaban J connectivity index is 1.84. The summed E-state index contributed by atoms with van der Waals surface area (Å²) in [6.45, 7) is 4.53. The first-order valence-electron chi connectivity index (χ1n) is 10.5. The van der Waals surface area contributed by atoms with Crippen LogP contribution in [-0.2, 0) is 6.42 Å². The van der Waals surface area contributed by atoms with Gasteiger partial charge in [0.2, 0.25) is 0 Å². The Morgan fingerprint density at radius 2 is 1.65 bits per heavy atom. The predicted octanol–water partition coefficient (Wildman–Crippen LogP) is 7.75. The monoisotopic (exact) mass is 389 g/mol. The molecule has 1 saturated heterocycles. The van der Waals surface area contributed by atoms with Crippen molar-refractivity contribution >= 4 is 23.5 Å². The van der Waals surface area contributed by atoms with Gasteiger partial charge in [-0.25, -0.2) is 0 Å². The lowest BCUT2D eigenvalue weighted by molar-refractivity contribution is 0.546. The molecule has 3 heteroatoms. The molecule has 1 heterocycles. The van der Waals surface area contributed by atoms with Crippen LogP contribution in [0.25, 0.3) is 0 Å². The van der Waals surface area contributed by atoms with Crippen LogP contribution in [0, 0.1) is 17.2 Å². The summed E-state index contributed by atoms with van der Waals surface area (Å²) < 4.78 is 0.517. The highest BCUT2D eigenvalue weighted by atomic mass is 32.2. The van der Waals surface area contributed by atoms with Crippen molar-refractivity contribution < 1.29 is 0 Å². The van der Waals surface area contributed by atoms with Gasteiger partial charge < -0.3 is 0 Å². The normalized spacial score (nSPS) is 20.0. The topological polar surface area (TPSA) is 23.8 Å². The summed E-state index contributed by atoms with van der Waals surface area (Å²) in [6.07, 6.45) is 13.0. The molecule has 1 fully saturated rings. The van der Waals surface area contributed by atoms with Gasteiger partial charge in [0.1, 0.15) is 0 Å². The molecule has 0 unspecified atom stereocenters. The maximum atomic E-state index is 9.58. The van der Waals surface area contributed by atoms with Crippen molar-refractivity contribution in [1.82, 2.24) is 0 Å². The van der Waals surface area contributed by atoms with Gasteiger partial charge in [-0.15, -0.1) is 23.5 Å². The van der Waals surface area contributed by atoms with Crippen LogP contribution < -0.4 is 0 Å². The van der Waals surface area contributed by atoms with Gasteiger partial charge >= 0.3 is 0 Å². The number of unbranched alkanes of at least 4 members (excludes halogenated alkanes) is 6. The van der Waals surface area contributed by atoms with Gasteiger partial charge in [0.25, 0.3) is 0 Å². The minimum atomic E-state index is 0.517. The third-order valence-electron chi connectivity index (χ3n) is 5.26. The lowest BCUT2D eigenvalue weighted by Crippen LogP contribution is -2.14. The highest BCUT2D eigenvalue weighted by Gasteiger charge is 2.23. The van der Waals surface area contributed by atoms with Crippen molar-refractivity contribution in [2.75, 3.05) is 11.5 Å². The highest BCUT2D eigenvalue weighted by molar-refractivity contribution is 8.16. The Hall–Kier alpha value is -0.590. The van der Waals surface area contributed by atoms with Crippen molar-refractivity contribution in [3.63, 3.8) is 0 Å². The summed E-state index contributed by atoms with van der Waals surface area (Å²) in [7, 11) is 0. The van der Waals surface area contributed by atoms with E-state index in [0.717, 1.165) is 17.9 Å². The Morgan fingerprint density at radius 3 is 2.35 bits per heavy atom. The summed E-state index contributed by atoms with van der Waals surface area (Å²) in [5.41, 5.74) is 3.50. The molecule has 1 aromatic carbocycles. The first kappa shape index (κ1) is 21.7. The molecule has 1 aliphatic heterocycles. The van der Waals surface area contributed by atoms with Crippen molar-refractivity contribution in [2.45, 2.75) is 82.6 Å². The molecule has 0 aliphatic carbocycles. The number of nitriles is 1. The zero-order chi connectivity index (χ0) is 18.6. The van der Waals surface area contributed by atoms with E-state index in [1.807, 2.05) is 0 Å². The summed E-state index contributed by atoms with van der Waals surface area (Å²) in [5.74, 6) is 3.44. The second-order valence-electron chi connectivity index (χ2n) is 7.55. The van der Waals surface area contributed by atoms with Crippen LogP contribution in [0.3, 0.4) is 0 Å². The molecular formula is C23H35NS2. The second-order valence-corrected chi connectivity index (χ2v) is 10.1. The van der Waals surface area contributed by atoms with Crippen LogP contribution >= 0.6 is 23.5 Å². The number of benzene rings is 1. The van der Waals surface area contributed by atoms with Gasteiger partial charge in [0, 0.05) is 0 Å². The van der Waals surface area contributed by atoms with E-state index in [4.69, 9.17) is 0 Å². The van der Waals surface area contributed by atoms with Gasteiger partial charge in [0.15, 0.2) is 0 Å². The molecule has 1 aliphatic rings. The minimum absolute atomic E-state index is 0.517. The van der Waals surface area contributed by atoms with Gasteiger partial charge in [-0.1, -0.05) is 70.9 Å². The molecule has 144 valence electrons. The standard InChI is InChI=1S/C23H35NS2/c1-3-5-7-8-10-12-20-13-14-21(15-22(20)16-24)23-25-17-19(18-26-23)11-9-6-4-2/h13-15,19,23H,3-12,17-18H2,1-2H3. The molecule has 2 rings (SSSR count). The Bertz CT molecular complexity index is 556. The SMILES string of the molecule is CCCCCCCc1ccc(C2SCC(CCCCC)CS2)cc1C#N. The predicted molar refractivity (Wildman–Crippen MR) is 119 cm³/mol. The van der Waals surface area contributed by atoms with Crippen molar-refractivity contribution in [3.8, 4) is 6.07 Å². The van der Waals surface area contributed by atoms with E-state index in [9.17, 15) is 5.26 Å². The largest absolute Gasteiger partial charge is 0.192 e. The molecule has 0 amide bonds. The fourth-order valence-electron chi connectivity index (χ4n) is 3.57. The molecule has 0 spiro atoms. The molecule has 0 atom stereocenters. The van der Waals surface area contributed by atoms with Crippen molar-refractivity contribution in [2.24, 2.45) is 5.92 Å². The number of nitrogens with zero attached hydrogens (tertiary/aromatic N) is 1. The van der Waals surface area contributed by atoms with E-state index in [1.54, 1.807) is 0 Å². The Morgan fingerprint density at radius 1 is 0.962 bits per heavy atom. The third kappa shape index (κ3) is 7.20. The van der Waals surface area contributed by atoms with Crippen LogP contribution in [0.15, 0.2) is 18.2 Å². The fraction of sp³-hybridized carbons (Fsp3) is 0.696. The average Bonchev–Trinajstić information content (AvgIpc) is 2.68. The van der Waals surface area contributed by atoms with Gasteiger partial charge in [0.05, 0.1) is 16.2 Å². The molecule has 26 heavy (non-hydrogen) atoms. The maximum Gasteiger partial charge on any atom is 0.0994 e. The minimum Gasteiger partial charge on any atom is -0.192 e. The zero-order valence-corrected chi connectivity index (χ0v) is 18.3. The summed E-state index contributed by atoms with van der Waals surface area (Å²) in [4.78, 5) is 0. The number of thioether (sulfide) groups is 2. The van der Waals surface area contributed by atoms with E-state index in [-0.39, 0.29) is 0 Å². The van der Waals surface area contributed by atoms with Gasteiger partial charge in [-0.3, -0.25) is 0 Å². The van der Waals surface area contributed by atoms with E-state index >= 15 is 0 Å². The van der Waals surface area contributed by atoms with E-state index in [1.165, 1.54) is 80.4 Å². The first-order chi connectivity index (χ1) is 12.8. The Kier molecular flexibility index (Phi) is 10.6. The molecule has 0 bridgehead atoms. The number of hydrogen-bond donors (Lipinski definition) is 0. The van der Waals surface area contributed by atoms with Crippen LogP contribution in [-0.4, -0.2) is 11.5 Å². The number of aryl methyl sites for hydroxylation is 1. The van der Waals surface area contributed by atoms with Crippen LogP contribution in [0.5, 0.6) is 0 Å². The highest BCUT2D eigenvalue weighted by Crippen LogP contribution is 2.46. The van der Waals surface area contributed by atoms with Gasteiger partial charge in [-0.2, -0.15) is 5.26 Å². The molecule has 1 aromatic rings. The lowest BCUT2D eigenvalue weighted by Gasteiger charge is -2.28. The van der Waals surface area contributed by atoms with Crippen molar-refractivity contribution in [1.29, 1.82) is 5.26 Å².